The van der Waals surface area contributed by atoms with E-state index in [1.54, 1.807) is 36.4 Å². The molecule has 2 aromatic rings. The van der Waals surface area contributed by atoms with Crippen molar-refractivity contribution in [3.05, 3.63) is 63.6 Å². The molecule has 0 fully saturated rings. The predicted octanol–water partition coefficient (Wildman–Crippen LogP) is 3.34. The minimum absolute atomic E-state index is 0.0702. The Hall–Kier alpha value is -2.24. The Balaban J connectivity index is 2.22. The molecule has 0 aliphatic carbocycles. The molecule has 108 valence electrons. The van der Waals surface area contributed by atoms with E-state index in [9.17, 15) is 4.79 Å². The summed E-state index contributed by atoms with van der Waals surface area (Å²) in [5.74, 6) is -0.417. The molecule has 2 aromatic carbocycles. The molecule has 0 saturated carbocycles. The molecule has 4 N–H and O–H groups in total. The molecule has 0 saturated heterocycles. The molecule has 0 bridgehead atoms. The minimum atomic E-state index is -0.346. The smallest absolute Gasteiger partial charge is 0.255 e. The van der Waals surface area contributed by atoms with Crippen molar-refractivity contribution < 1.29 is 10.0 Å². The number of hydrogen-bond acceptors (Lipinski definition) is 3. The summed E-state index contributed by atoms with van der Waals surface area (Å²) in [5, 5.41) is 15.0. The maximum atomic E-state index is 12.1. The van der Waals surface area contributed by atoms with Gasteiger partial charge in [0.25, 0.3) is 5.91 Å². The molecule has 0 spiro atoms. The highest BCUT2D eigenvalue weighted by Crippen LogP contribution is 2.25. The second-order valence-electron chi connectivity index (χ2n) is 4.15. The standard InChI is InChI=1S/C14H11Cl2N3O2/c15-11-5-4-10(7-12(11)16)18-14(20)9-3-1-2-8(6-9)13(17)19-21/h1-7,21H,(H2,17,19)(H,18,20). The van der Waals surface area contributed by atoms with E-state index < -0.39 is 0 Å². The molecule has 21 heavy (non-hydrogen) atoms. The van der Waals surface area contributed by atoms with Gasteiger partial charge < -0.3 is 16.3 Å². The summed E-state index contributed by atoms with van der Waals surface area (Å²) in [6.45, 7) is 0. The van der Waals surface area contributed by atoms with Crippen LogP contribution in [0, 0.1) is 0 Å². The molecule has 0 radical (unpaired) electrons. The van der Waals surface area contributed by atoms with Crippen molar-refractivity contribution >= 4 is 40.6 Å². The van der Waals surface area contributed by atoms with Crippen LogP contribution in [-0.4, -0.2) is 17.0 Å². The van der Waals surface area contributed by atoms with Gasteiger partial charge in [-0.3, -0.25) is 4.79 Å². The van der Waals surface area contributed by atoms with Gasteiger partial charge in [-0.05, 0) is 30.3 Å². The van der Waals surface area contributed by atoms with Gasteiger partial charge in [-0.2, -0.15) is 0 Å². The summed E-state index contributed by atoms with van der Waals surface area (Å²) in [7, 11) is 0. The van der Waals surface area contributed by atoms with Crippen molar-refractivity contribution in [3.63, 3.8) is 0 Å². The van der Waals surface area contributed by atoms with Crippen LogP contribution in [0.5, 0.6) is 0 Å². The normalized spacial score (nSPS) is 11.2. The lowest BCUT2D eigenvalue weighted by atomic mass is 10.1. The third-order valence-electron chi connectivity index (χ3n) is 2.71. The second kappa shape index (κ2) is 6.47. The molecule has 0 heterocycles. The monoisotopic (exact) mass is 323 g/mol. The van der Waals surface area contributed by atoms with Crippen molar-refractivity contribution in [1.82, 2.24) is 0 Å². The summed E-state index contributed by atoms with van der Waals surface area (Å²) < 4.78 is 0. The van der Waals surface area contributed by atoms with E-state index >= 15 is 0 Å². The Morgan fingerprint density at radius 3 is 2.48 bits per heavy atom. The van der Waals surface area contributed by atoms with Crippen LogP contribution in [0.3, 0.4) is 0 Å². The molecule has 0 aromatic heterocycles. The zero-order chi connectivity index (χ0) is 15.4. The van der Waals surface area contributed by atoms with E-state index in [0.29, 0.717) is 26.9 Å². The van der Waals surface area contributed by atoms with E-state index in [1.807, 2.05) is 0 Å². The van der Waals surface area contributed by atoms with Gasteiger partial charge in [0.15, 0.2) is 5.84 Å². The van der Waals surface area contributed by atoms with E-state index in [2.05, 4.69) is 10.5 Å². The van der Waals surface area contributed by atoms with Crippen molar-refractivity contribution in [1.29, 1.82) is 0 Å². The van der Waals surface area contributed by atoms with Crippen LogP contribution in [0.4, 0.5) is 5.69 Å². The number of carbonyl (C=O) groups excluding carboxylic acids is 1. The molecular formula is C14H11Cl2N3O2. The van der Waals surface area contributed by atoms with E-state index in [-0.39, 0.29) is 11.7 Å². The summed E-state index contributed by atoms with van der Waals surface area (Å²) in [4.78, 5) is 12.1. The molecule has 0 atom stereocenters. The Kier molecular flexibility index (Phi) is 4.67. The van der Waals surface area contributed by atoms with Crippen molar-refractivity contribution in [3.8, 4) is 0 Å². The van der Waals surface area contributed by atoms with Gasteiger partial charge in [-0.15, -0.1) is 0 Å². The van der Waals surface area contributed by atoms with Crippen LogP contribution in [-0.2, 0) is 0 Å². The number of hydrogen-bond donors (Lipinski definition) is 3. The first-order valence-corrected chi connectivity index (χ1v) is 6.61. The average molecular weight is 324 g/mol. The fourth-order valence-corrected chi connectivity index (χ4v) is 1.95. The number of anilines is 1. The summed E-state index contributed by atoms with van der Waals surface area (Å²) >= 11 is 11.7. The van der Waals surface area contributed by atoms with Gasteiger partial charge in [0.2, 0.25) is 0 Å². The largest absolute Gasteiger partial charge is 0.409 e. The molecule has 5 nitrogen and oxygen atoms in total. The molecule has 0 aliphatic heterocycles. The molecule has 1 amide bonds. The molecular weight excluding hydrogens is 313 g/mol. The van der Waals surface area contributed by atoms with E-state index in [1.165, 1.54) is 6.07 Å². The number of amidine groups is 1. The third-order valence-corrected chi connectivity index (χ3v) is 3.44. The predicted molar refractivity (Wildman–Crippen MR) is 83.4 cm³/mol. The fraction of sp³-hybridized carbons (Fsp3) is 0. The first-order valence-electron chi connectivity index (χ1n) is 5.85. The Labute approximate surface area is 131 Å². The second-order valence-corrected chi connectivity index (χ2v) is 4.96. The van der Waals surface area contributed by atoms with Gasteiger partial charge in [0.05, 0.1) is 10.0 Å². The number of oxime groups is 1. The van der Waals surface area contributed by atoms with Crippen LogP contribution in [0.2, 0.25) is 10.0 Å². The van der Waals surface area contributed by atoms with Crippen molar-refractivity contribution in [2.24, 2.45) is 10.9 Å². The maximum absolute atomic E-state index is 12.1. The highest BCUT2D eigenvalue weighted by Gasteiger charge is 2.09. The number of halogens is 2. The average Bonchev–Trinajstić information content (AvgIpc) is 2.50. The van der Waals surface area contributed by atoms with Gasteiger partial charge >= 0.3 is 0 Å². The third kappa shape index (κ3) is 3.65. The Morgan fingerprint density at radius 1 is 1.10 bits per heavy atom. The van der Waals surface area contributed by atoms with Crippen molar-refractivity contribution in [2.75, 3.05) is 5.32 Å². The summed E-state index contributed by atoms with van der Waals surface area (Å²) in [5.41, 5.74) is 6.82. The zero-order valence-corrected chi connectivity index (χ0v) is 12.2. The number of rotatable bonds is 3. The van der Waals surface area contributed by atoms with Crippen LogP contribution in [0.15, 0.2) is 47.6 Å². The van der Waals surface area contributed by atoms with Crippen LogP contribution in [0.1, 0.15) is 15.9 Å². The molecule has 2 rings (SSSR count). The van der Waals surface area contributed by atoms with Crippen LogP contribution < -0.4 is 11.1 Å². The SMILES string of the molecule is N/C(=N\O)c1cccc(C(=O)Nc2ccc(Cl)c(Cl)c2)c1. The zero-order valence-electron chi connectivity index (χ0n) is 10.7. The highest BCUT2D eigenvalue weighted by atomic mass is 35.5. The van der Waals surface area contributed by atoms with Gasteiger partial charge in [-0.1, -0.05) is 40.5 Å². The minimum Gasteiger partial charge on any atom is -0.409 e. The molecule has 7 heteroatoms. The molecule has 0 unspecified atom stereocenters. The van der Waals surface area contributed by atoms with Crippen molar-refractivity contribution in [2.45, 2.75) is 0 Å². The first-order chi connectivity index (χ1) is 10.0. The highest BCUT2D eigenvalue weighted by molar-refractivity contribution is 6.42. The number of nitrogens with two attached hydrogens (primary N) is 1. The lowest BCUT2D eigenvalue weighted by molar-refractivity contribution is 0.102. The lowest BCUT2D eigenvalue weighted by Gasteiger charge is -2.07. The van der Waals surface area contributed by atoms with Gasteiger partial charge in [0, 0.05) is 16.8 Å². The number of carbonyl (C=O) groups is 1. The lowest BCUT2D eigenvalue weighted by Crippen LogP contribution is -2.16. The number of nitrogens with one attached hydrogen (secondary N) is 1. The van der Waals surface area contributed by atoms with Gasteiger partial charge in [0.1, 0.15) is 0 Å². The first kappa shape index (κ1) is 15.2. The fourth-order valence-electron chi connectivity index (χ4n) is 1.65. The van der Waals surface area contributed by atoms with E-state index in [0.717, 1.165) is 0 Å². The van der Waals surface area contributed by atoms with Gasteiger partial charge in [-0.25, -0.2) is 0 Å². The van der Waals surface area contributed by atoms with Crippen LogP contribution in [0.25, 0.3) is 0 Å². The Bertz CT molecular complexity index is 717. The topological polar surface area (TPSA) is 87.7 Å². The quantitative estimate of drug-likeness (QED) is 0.350. The molecule has 0 aliphatic rings. The summed E-state index contributed by atoms with van der Waals surface area (Å²) in [6.07, 6.45) is 0. The Morgan fingerprint density at radius 2 is 1.81 bits per heavy atom. The number of nitrogens with zero attached hydrogens (tertiary/aromatic N) is 1. The van der Waals surface area contributed by atoms with E-state index in [4.69, 9.17) is 34.1 Å². The summed E-state index contributed by atoms with van der Waals surface area (Å²) in [6, 6.07) is 11.2. The maximum Gasteiger partial charge on any atom is 0.255 e. The number of amides is 1. The number of benzene rings is 2. The van der Waals surface area contributed by atoms with Crippen LogP contribution >= 0.6 is 23.2 Å².